The number of carbonyl (C=O) groups is 4. The molecule has 2 rings (SSSR count). The van der Waals surface area contributed by atoms with Crippen molar-refractivity contribution in [1.29, 1.82) is 0 Å². The van der Waals surface area contributed by atoms with Crippen molar-refractivity contribution in [3.05, 3.63) is 64.7 Å². The van der Waals surface area contributed by atoms with Crippen LogP contribution in [-0.2, 0) is 10.1 Å². The number of aromatic carboxylic acids is 4. The van der Waals surface area contributed by atoms with Crippen LogP contribution in [-0.4, -0.2) is 57.3 Å². The number of carboxylic acid groups (broad SMARTS) is 4. The fourth-order valence-corrected chi connectivity index (χ4v) is 2.29. The number of benzene rings is 2. The van der Waals surface area contributed by atoms with Crippen LogP contribution >= 0.6 is 0 Å². The summed E-state index contributed by atoms with van der Waals surface area (Å²) in [7, 11) is -4.89. The first-order valence-corrected chi connectivity index (χ1v) is 8.38. The molecule has 0 bridgehead atoms. The molecule has 11 nitrogen and oxygen atoms in total. The van der Waals surface area contributed by atoms with Gasteiger partial charge in [-0.15, -0.1) is 0 Å². The summed E-state index contributed by atoms with van der Waals surface area (Å²) >= 11 is 0. The SMILES string of the molecule is O=C(O)c1cc(C(=O)O)cc(S(=O)(=O)[O-])c1.O=C(O)c1ccc(C(=O)O)cc1.[Na+]. The predicted molar refractivity (Wildman–Crippen MR) is 88.7 cm³/mol. The molecule has 0 atom stereocenters. The second kappa shape index (κ2) is 10.7. The summed E-state index contributed by atoms with van der Waals surface area (Å²) in [6, 6.07) is 7.00. The Morgan fingerprint density at radius 2 is 0.897 bits per heavy atom. The minimum Gasteiger partial charge on any atom is -0.744 e. The van der Waals surface area contributed by atoms with Gasteiger partial charge in [0.05, 0.1) is 27.1 Å². The summed E-state index contributed by atoms with van der Waals surface area (Å²) in [4.78, 5) is 40.9. The van der Waals surface area contributed by atoms with Gasteiger partial charge < -0.3 is 25.0 Å². The molecule has 0 radical (unpaired) electrons. The quantitative estimate of drug-likeness (QED) is 0.301. The Morgan fingerprint density at radius 1 is 0.621 bits per heavy atom. The van der Waals surface area contributed by atoms with Gasteiger partial charge in [0.1, 0.15) is 10.1 Å². The zero-order valence-corrected chi connectivity index (χ0v) is 17.4. The van der Waals surface area contributed by atoms with Crippen LogP contribution in [0.2, 0.25) is 0 Å². The molecule has 0 unspecified atom stereocenters. The van der Waals surface area contributed by atoms with Gasteiger partial charge in [-0.2, -0.15) is 0 Å². The molecule has 0 spiro atoms. The summed E-state index contributed by atoms with van der Waals surface area (Å²) in [6.45, 7) is 0. The average molecular weight is 434 g/mol. The van der Waals surface area contributed by atoms with E-state index in [1.807, 2.05) is 0 Å². The van der Waals surface area contributed by atoms with Crippen LogP contribution < -0.4 is 29.6 Å². The second-order valence-electron chi connectivity index (χ2n) is 5.00. The Kier molecular flexibility index (Phi) is 9.67. The van der Waals surface area contributed by atoms with Crippen LogP contribution in [0.15, 0.2) is 47.4 Å². The zero-order valence-electron chi connectivity index (χ0n) is 14.6. The van der Waals surface area contributed by atoms with Gasteiger partial charge in [0.15, 0.2) is 0 Å². The molecule has 2 aromatic rings. The summed E-state index contributed by atoms with van der Waals surface area (Å²) in [5.41, 5.74) is -0.983. The third kappa shape index (κ3) is 8.01. The largest absolute Gasteiger partial charge is 1.00 e. The maximum absolute atomic E-state index is 10.6. The smallest absolute Gasteiger partial charge is 0.744 e. The van der Waals surface area contributed by atoms with Crippen LogP contribution in [0.3, 0.4) is 0 Å². The molecular weight excluding hydrogens is 423 g/mol. The number of hydrogen-bond donors (Lipinski definition) is 4. The molecule has 4 N–H and O–H groups in total. The number of rotatable bonds is 5. The molecule has 0 aliphatic rings. The molecule has 0 heterocycles. The Morgan fingerprint density at radius 3 is 1.10 bits per heavy atom. The second-order valence-corrected chi connectivity index (χ2v) is 6.38. The van der Waals surface area contributed by atoms with Crippen LogP contribution in [0.25, 0.3) is 0 Å². The molecule has 0 aliphatic carbocycles. The van der Waals surface area contributed by atoms with Crippen molar-refractivity contribution in [3.8, 4) is 0 Å². The number of hydrogen-bond acceptors (Lipinski definition) is 7. The van der Waals surface area contributed by atoms with Crippen molar-refractivity contribution in [1.82, 2.24) is 0 Å². The zero-order chi connectivity index (χ0) is 21.6. The number of carboxylic acids is 4. The van der Waals surface area contributed by atoms with E-state index in [-0.39, 0.29) is 40.7 Å². The minimum absolute atomic E-state index is 0. The maximum Gasteiger partial charge on any atom is 1.00 e. The van der Waals surface area contributed by atoms with Gasteiger partial charge >= 0.3 is 53.4 Å². The van der Waals surface area contributed by atoms with Crippen molar-refractivity contribution in [2.75, 3.05) is 0 Å². The Bertz CT molecular complexity index is 978. The normalized spacial score (nSPS) is 9.97. The van der Waals surface area contributed by atoms with Gasteiger partial charge in [0.25, 0.3) is 0 Å². The Balaban J connectivity index is 0.000000542. The molecule has 0 aromatic heterocycles. The van der Waals surface area contributed by atoms with Crippen LogP contribution in [0.4, 0.5) is 0 Å². The predicted octanol–water partition coefficient (Wildman–Crippen LogP) is -1.93. The average Bonchev–Trinajstić information content (AvgIpc) is 2.61. The molecule has 0 saturated carbocycles. The van der Waals surface area contributed by atoms with E-state index in [0.717, 1.165) is 6.07 Å². The standard InChI is InChI=1S/C8H6O7S.C8H6O4.Na/c9-7(10)4-1-5(8(11)12)3-6(2-4)16(13,14)15;9-7(10)5-1-2-6(4-3-5)8(11)12;/h1-3H,(H,9,10)(H,11,12)(H,13,14,15);1-4H,(H,9,10)(H,11,12);/q;;+1/p-1. The topological polar surface area (TPSA) is 206 Å². The first-order chi connectivity index (χ1) is 12.8. The van der Waals surface area contributed by atoms with E-state index in [9.17, 15) is 32.1 Å². The van der Waals surface area contributed by atoms with E-state index in [4.69, 9.17) is 20.4 Å². The van der Waals surface area contributed by atoms with Crippen molar-refractivity contribution in [2.24, 2.45) is 0 Å². The molecule has 0 saturated heterocycles. The van der Waals surface area contributed by atoms with E-state index in [0.29, 0.717) is 12.1 Å². The van der Waals surface area contributed by atoms with Gasteiger partial charge in [-0.05, 0) is 42.5 Å². The van der Waals surface area contributed by atoms with Crippen molar-refractivity contribution >= 4 is 34.0 Å². The van der Waals surface area contributed by atoms with E-state index in [2.05, 4.69) is 0 Å². The van der Waals surface area contributed by atoms with Gasteiger partial charge in [-0.1, -0.05) is 0 Å². The van der Waals surface area contributed by atoms with Crippen molar-refractivity contribution < 1.29 is 82.1 Å². The summed E-state index contributed by atoms with van der Waals surface area (Å²) in [6.07, 6.45) is 0. The molecular formula is C16H11NaO11S. The fraction of sp³-hybridized carbons (Fsp3) is 0. The maximum atomic E-state index is 10.6. The van der Waals surface area contributed by atoms with E-state index >= 15 is 0 Å². The Labute approximate surface area is 185 Å². The van der Waals surface area contributed by atoms with Gasteiger partial charge in [-0.3, -0.25) is 0 Å². The summed E-state index contributed by atoms with van der Waals surface area (Å²) < 4.78 is 31.9. The van der Waals surface area contributed by atoms with Gasteiger partial charge in [-0.25, -0.2) is 27.6 Å². The van der Waals surface area contributed by atoms with Gasteiger partial charge in [0, 0.05) is 0 Å². The molecule has 0 aliphatic heterocycles. The molecule has 148 valence electrons. The molecule has 13 heteroatoms. The third-order valence-electron chi connectivity index (χ3n) is 3.07. The van der Waals surface area contributed by atoms with E-state index in [1.165, 1.54) is 24.3 Å². The molecule has 2 aromatic carbocycles. The molecule has 29 heavy (non-hydrogen) atoms. The minimum atomic E-state index is -4.89. The van der Waals surface area contributed by atoms with Crippen molar-refractivity contribution in [3.63, 3.8) is 0 Å². The van der Waals surface area contributed by atoms with Crippen LogP contribution in [0, 0.1) is 0 Å². The van der Waals surface area contributed by atoms with Crippen LogP contribution in [0.5, 0.6) is 0 Å². The monoisotopic (exact) mass is 434 g/mol. The molecule has 0 amide bonds. The summed E-state index contributed by atoms with van der Waals surface area (Å²) in [5, 5.41) is 34.1. The van der Waals surface area contributed by atoms with Crippen LogP contribution in [0.1, 0.15) is 41.4 Å². The van der Waals surface area contributed by atoms with Crippen molar-refractivity contribution in [2.45, 2.75) is 4.90 Å². The first-order valence-electron chi connectivity index (χ1n) is 6.97. The first kappa shape index (κ1) is 26.2. The van der Waals surface area contributed by atoms with Gasteiger partial charge in [0.2, 0.25) is 0 Å². The molecule has 0 fully saturated rings. The summed E-state index contributed by atoms with van der Waals surface area (Å²) in [5.74, 6) is -5.17. The fourth-order valence-electron chi connectivity index (χ4n) is 1.75. The third-order valence-corrected chi connectivity index (χ3v) is 3.88. The van der Waals surface area contributed by atoms with E-state index < -0.39 is 50.0 Å². The Hall–Kier alpha value is -2.77. The van der Waals surface area contributed by atoms with E-state index in [1.54, 1.807) is 0 Å².